The molecule has 0 aliphatic carbocycles. The van der Waals surface area contributed by atoms with Gasteiger partial charge >= 0.3 is 0 Å². The van der Waals surface area contributed by atoms with Gasteiger partial charge in [0, 0.05) is 24.8 Å². The first kappa shape index (κ1) is 17.4. The van der Waals surface area contributed by atoms with Crippen LogP contribution in [0.2, 0.25) is 0 Å². The van der Waals surface area contributed by atoms with E-state index in [4.69, 9.17) is 4.52 Å². The monoisotopic (exact) mass is 364 g/mol. The molecule has 2 aromatic rings. The number of carbonyl (C=O) groups is 1. The van der Waals surface area contributed by atoms with Crippen LogP contribution in [0.4, 0.5) is 11.6 Å². The molecule has 0 spiro atoms. The molecule has 9 heteroatoms. The van der Waals surface area contributed by atoms with E-state index in [0.29, 0.717) is 35.9 Å². The number of carbonyl (C=O) groups excluding carboxylic acids is 1. The Kier molecular flexibility index (Phi) is 4.76. The van der Waals surface area contributed by atoms with E-state index >= 15 is 0 Å². The summed E-state index contributed by atoms with van der Waals surface area (Å²) in [5, 5.41) is 6.34. The first-order chi connectivity index (χ1) is 11.9. The van der Waals surface area contributed by atoms with Crippen LogP contribution in [0, 0.1) is 6.92 Å². The number of nitrogens with zero attached hydrogens (tertiary/aromatic N) is 3. The molecule has 1 amide bonds. The number of amides is 1. The van der Waals surface area contributed by atoms with E-state index < -0.39 is 9.84 Å². The summed E-state index contributed by atoms with van der Waals surface area (Å²) >= 11 is 0. The molecular weight excluding hydrogens is 344 g/mol. The van der Waals surface area contributed by atoms with E-state index in [2.05, 4.69) is 15.5 Å². The molecule has 1 fully saturated rings. The molecule has 1 aliphatic rings. The Labute approximate surface area is 146 Å². The van der Waals surface area contributed by atoms with E-state index in [9.17, 15) is 13.2 Å². The smallest absolute Gasteiger partial charge is 0.258 e. The number of hydrogen-bond acceptors (Lipinski definition) is 7. The maximum Gasteiger partial charge on any atom is 0.258 e. The third-order valence-electron chi connectivity index (χ3n) is 4.16. The average Bonchev–Trinajstić information content (AvgIpc) is 3.14. The zero-order chi connectivity index (χ0) is 18.0. The Hall–Kier alpha value is -2.42. The fourth-order valence-electron chi connectivity index (χ4n) is 2.93. The maximum atomic E-state index is 12.2. The van der Waals surface area contributed by atoms with Gasteiger partial charge in [-0.3, -0.25) is 4.79 Å². The van der Waals surface area contributed by atoms with Gasteiger partial charge in [-0.2, -0.15) is 0 Å². The summed E-state index contributed by atoms with van der Waals surface area (Å²) in [5.74, 6) is 1.64. The second-order valence-electron chi connectivity index (χ2n) is 6.02. The fraction of sp³-hybridized carbons (Fsp3) is 0.438. The van der Waals surface area contributed by atoms with Crippen molar-refractivity contribution in [1.82, 2.24) is 10.1 Å². The summed E-state index contributed by atoms with van der Waals surface area (Å²) in [5.41, 5.74) is 0.388. The minimum absolute atomic E-state index is 0.0692. The van der Waals surface area contributed by atoms with E-state index in [1.54, 1.807) is 25.1 Å². The second-order valence-corrected chi connectivity index (χ2v) is 8.25. The summed E-state index contributed by atoms with van der Waals surface area (Å²) < 4.78 is 28.3. The van der Waals surface area contributed by atoms with Crippen LogP contribution in [0.15, 0.2) is 28.9 Å². The molecule has 8 nitrogen and oxygen atoms in total. The Bertz CT molecular complexity index is 861. The first-order valence-electron chi connectivity index (χ1n) is 8.06. The van der Waals surface area contributed by atoms with Crippen LogP contribution in [0.25, 0.3) is 0 Å². The Morgan fingerprint density at radius 1 is 1.44 bits per heavy atom. The lowest BCUT2D eigenvalue weighted by molar-refractivity contribution is 0.102. The Morgan fingerprint density at radius 2 is 2.24 bits per heavy atom. The summed E-state index contributed by atoms with van der Waals surface area (Å²) in [7, 11) is -2.96. The number of aromatic nitrogens is 2. The van der Waals surface area contributed by atoms with Crippen LogP contribution < -0.4 is 10.2 Å². The zero-order valence-electron chi connectivity index (χ0n) is 14.1. The molecule has 2 aromatic heterocycles. The van der Waals surface area contributed by atoms with Gasteiger partial charge in [-0.1, -0.05) is 5.16 Å². The summed E-state index contributed by atoms with van der Waals surface area (Å²) in [6, 6.07) is 4.95. The molecule has 0 bridgehead atoms. The number of pyridine rings is 1. The maximum absolute atomic E-state index is 12.2. The molecule has 1 saturated heterocycles. The van der Waals surface area contributed by atoms with Gasteiger partial charge in [-0.15, -0.1) is 0 Å². The third kappa shape index (κ3) is 3.98. The van der Waals surface area contributed by atoms with Gasteiger partial charge in [0.25, 0.3) is 5.91 Å². The fourth-order valence-corrected chi connectivity index (χ4v) is 4.66. The Morgan fingerprint density at radius 3 is 2.76 bits per heavy atom. The summed E-state index contributed by atoms with van der Waals surface area (Å²) in [6.07, 6.45) is 2.08. The van der Waals surface area contributed by atoms with Gasteiger partial charge in [0.05, 0.1) is 17.1 Å². The number of anilines is 2. The van der Waals surface area contributed by atoms with Crippen molar-refractivity contribution in [1.29, 1.82) is 0 Å². The van der Waals surface area contributed by atoms with Crippen molar-refractivity contribution in [3.05, 3.63) is 35.7 Å². The molecule has 134 valence electrons. The van der Waals surface area contributed by atoms with Crippen molar-refractivity contribution >= 4 is 27.4 Å². The highest BCUT2D eigenvalue weighted by molar-refractivity contribution is 7.91. The molecule has 1 atom stereocenters. The normalized spacial score (nSPS) is 18.9. The molecule has 25 heavy (non-hydrogen) atoms. The number of sulfone groups is 1. The van der Waals surface area contributed by atoms with Crippen molar-refractivity contribution < 1.29 is 17.7 Å². The summed E-state index contributed by atoms with van der Waals surface area (Å²) in [6.45, 7) is 4.35. The molecule has 1 aliphatic heterocycles. The van der Waals surface area contributed by atoms with E-state index in [-0.39, 0.29) is 23.5 Å². The molecule has 0 aromatic carbocycles. The number of nitrogens with one attached hydrogen (secondary N) is 1. The lowest BCUT2D eigenvalue weighted by Crippen LogP contribution is -2.36. The van der Waals surface area contributed by atoms with Crippen LogP contribution in [-0.2, 0) is 9.84 Å². The van der Waals surface area contributed by atoms with Crippen molar-refractivity contribution in [2.75, 3.05) is 28.3 Å². The van der Waals surface area contributed by atoms with Gasteiger partial charge in [0.2, 0.25) is 0 Å². The molecule has 0 radical (unpaired) electrons. The second kappa shape index (κ2) is 6.83. The van der Waals surface area contributed by atoms with Crippen molar-refractivity contribution in [2.45, 2.75) is 26.3 Å². The minimum atomic E-state index is -2.96. The van der Waals surface area contributed by atoms with Gasteiger partial charge in [-0.05, 0) is 32.4 Å². The first-order valence-corrected chi connectivity index (χ1v) is 9.88. The minimum Gasteiger partial charge on any atom is -0.360 e. The highest BCUT2D eigenvalue weighted by atomic mass is 32.2. The highest BCUT2D eigenvalue weighted by Crippen LogP contribution is 2.23. The quantitative estimate of drug-likeness (QED) is 0.860. The largest absolute Gasteiger partial charge is 0.360 e. The molecule has 0 saturated carbocycles. The zero-order valence-corrected chi connectivity index (χ0v) is 14.9. The molecule has 1 unspecified atom stereocenters. The lowest BCUT2D eigenvalue weighted by Gasteiger charge is -2.27. The predicted molar refractivity (Wildman–Crippen MR) is 93.5 cm³/mol. The van der Waals surface area contributed by atoms with Crippen molar-refractivity contribution in [3.63, 3.8) is 0 Å². The third-order valence-corrected chi connectivity index (χ3v) is 5.91. The standard InChI is InChI=1S/C16H20N4O4S/c1-3-20(13-6-7-25(22,23)10-13)15-5-4-12(9-17-15)16(21)18-14-8-11(2)24-19-14/h4-5,8-9,13H,3,6-7,10H2,1-2H3,(H,18,19,21). The SMILES string of the molecule is CCN(c1ccc(C(=O)Nc2cc(C)on2)cn1)C1CCS(=O)(=O)C1. The van der Waals surface area contributed by atoms with Crippen LogP contribution in [-0.4, -0.2) is 48.6 Å². The van der Waals surface area contributed by atoms with E-state index in [1.807, 2.05) is 11.8 Å². The van der Waals surface area contributed by atoms with Crippen molar-refractivity contribution in [2.24, 2.45) is 0 Å². The van der Waals surface area contributed by atoms with Gasteiger partial charge in [-0.25, -0.2) is 13.4 Å². The van der Waals surface area contributed by atoms with Gasteiger partial charge < -0.3 is 14.7 Å². The van der Waals surface area contributed by atoms with Crippen LogP contribution in [0.1, 0.15) is 29.5 Å². The lowest BCUT2D eigenvalue weighted by atomic mass is 10.2. The average molecular weight is 364 g/mol. The number of hydrogen-bond donors (Lipinski definition) is 1. The Balaban J connectivity index is 1.71. The highest BCUT2D eigenvalue weighted by Gasteiger charge is 2.32. The van der Waals surface area contributed by atoms with Gasteiger partial charge in [0.1, 0.15) is 11.6 Å². The van der Waals surface area contributed by atoms with Crippen molar-refractivity contribution in [3.8, 4) is 0 Å². The topological polar surface area (TPSA) is 105 Å². The van der Waals surface area contributed by atoms with Crippen LogP contribution in [0.3, 0.4) is 0 Å². The molecule has 3 heterocycles. The number of aryl methyl sites for hydroxylation is 1. The van der Waals surface area contributed by atoms with Gasteiger partial charge in [0.15, 0.2) is 15.7 Å². The van der Waals surface area contributed by atoms with Crippen LogP contribution >= 0.6 is 0 Å². The van der Waals surface area contributed by atoms with E-state index in [1.165, 1.54) is 6.20 Å². The molecule has 1 N–H and O–H groups in total. The molecular formula is C16H20N4O4S. The summed E-state index contributed by atoms with van der Waals surface area (Å²) in [4.78, 5) is 18.5. The van der Waals surface area contributed by atoms with Crippen LogP contribution in [0.5, 0.6) is 0 Å². The molecule has 3 rings (SSSR count). The van der Waals surface area contributed by atoms with E-state index in [0.717, 1.165) is 0 Å². The predicted octanol–water partition coefficient (Wildman–Crippen LogP) is 1.64. The number of rotatable bonds is 5.